The lowest BCUT2D eigenvalue weighted by molar-refractivity contribution is 0.200. The molecule has 1 aliphatic carbocycles. The zero-order valence-corrected chi connectivity index (χ0v) is 20.1. The van der Waals surface area contributed by atoms with E-state index in [9.17, 15) is 0 Å². The van der Waals surface area contributed by atoms with Gasteiger partial charge in [0.2, 0.25) is 0 Å². The van der Waals surface area contributed by atoms with Gasteiger partial charge in [-0.3, -0.25) is 9.88 Å². The normalized spacial score (nSPS) is 19.3. The molecule has 34 heavy (non-hydrogen) atoms. The second-order valence-corrected chi connectivity index (χ2v) is 9.49. The van der Waals surface area contributed by atoms with E-state index in [0.29, 0.717) is 12.1 Å². The van der Waals surface area contributed by atoms with E-state index in [4.69, 9.17) is 9.47 Å². The second kappa shape index (κ2) is 10.9. The minimum absolute atomic E-state index is 0.307. The molecule has 3 aromatic rings. The Labute approximate surface area is 203 Å². The topological polar surface area (TPSA) is 37.8 Å². The van der Waals surface area contributed by atoms with Crippen LogP contribution in [0.25, 0.3) is 0 Å². The van der Waals surface area contributed by atoms with Gasteiger partial charge in [-0.15, -0.1) is 0 Å². The van der Waals surface area contributed by atoms with Crippen molar-refractivity contribution in [1.82, 2.24) is 9.88 Å². The lowest BCUT2D eigenvalue weighted by Crippen LogP contribution is -2.53. The summed E-state index contributed by atoms with van der Waals surface area (Å²) < 4.78 is 12.1. The maximum absolute atomic E-state index is 6.41. The van der Waals surface area contributed by atoms with E-state index in [1.807, 2.05) is 12.4 Å². The van der Waals surface area contributed by atoms with Gasteiger partial charge in [0.05, 0.1) is 13.2 Å². The van der Waals surface area contributed by atoms with Crippen LogP contribution in [0.2, 0.25) is 0 Å². The Hall–Kier alpha value is -3.05. The monoisotopic (exact) mass is 457 g/mol. The second-order valence-electron chi connectivity index (χ2n) is 9.49. The fourth-order valence-electron chi connectivity index (χ4n) is 5.33. The Morgan fingerprint density at radius 3 is 2.44 bits per heavy atom. The van der Waals surface area contributed by atoms with Gasteiger partial charge in [0, 0.05) is 56.4 Å². The van der Waals surface area contributed by atoms with E-state index in [1.165, 1.54) is 29.7 Å². The zero-order chi connectivity index (χ0) is 23.2. The predicted octanol–water partition coefficient (Wildman–Crippen LogP) is 5.35. The van der Waals surface area contributed by atoms with E-state index < -0.39 is 0 Å². The molecule has 0 amide bonds. The number of methoxy groups -OCH3 is 1. The van der Waals surface area contributed by atoms with Crippen molar-refractivity contribution in [3.63, 3.8) is 0 Å². The van der Waals surface area contributed by atoms with E-state index in [2.05, 4.69) is 75.4 Å². The number of hydrogen-bond donors (Lipinski definition) is 0. The number of piperazine rings is 1. The molecule has 0 bridgehead atoms. The fourth-order valence-corrected chi connectivity index (χ4v) is 5.33. The number of anilines is 1. The minimum atomic E-state index is 0.307. The molecule has 1 saturated carbocycles. The van der Waals surface area contributed by atoms with Crippen LogP contribution in [0.1, 0.15) is 36.8 Å². The lowest BCUT2D eigenvalue weighted by Gasteiger charge is -2.43. The van der Waals surface area contributed by atoms with Crippen LogP contribution < -0.4 is 14.4 Å². The van der Waals surface area contributed by atoms with Crippen LogP contribution in [-0.2, 0) is 13.0 Å². The van der Waals surface area contributed by atoms with Crippen LogP contribution in [0.15, 0.2) is 73.1 Å². The maximum atomic E-state index is 6.41. The number of benzene rings is 2. The molecule has 1 unspecified atom stereocenters. The summed E-state index contributed by atoms with van der Waals surface area (Å²) in [5, 5.41) is 0. The summed E-state index contributed by atoms with van der Waals surface area (Å²) in [5.41, 5.74) is 3.91. The summed E-state index contributed by atoms with van der Waals surface area (Å²) in [5.74, 6) is 1.70. The van der Waals surface area contributed by atoms with Crippen molar-refractivity contribution in [3.05, 3.63) is 84.2 Å². The van der Waals surface area contributed by atoms with Crippen molar-refractivity contribution >= 4 is 5.69 Å². The highest BCUT2D eigenvalue weighted by Gasteiger charge is 2.28. The minimum Gasteiger partial charge on any atom is -0.493 e. The first kappa shape index (κ1) is 22.7. The third-order valence-corrected chi connectivity index (χ3v) is 7.11. The molecule has 1 atom stereocenters. The Morgan fingerprint density at radius 2 is 1.68 bits per heavy atom. The molecule has 5 heteroatoms. The molecule has 1 aromatic heterocycles. The summed E-state index contributed by atoms with van der Waals surface area (Å²) in [6.07, 6.45) is 9.87. The van der Waals surface area contributed by atoms with Gasteiger partial charge < -0.3 is 14.4 Å². The van der Waals surface area contributed by atoms with Gasteiger partial charge in [-0.1, -0.05) is 30.3 Å². The molecule has 2 fully saturated rings. The molecule has 0 N–H and O–H groups in total. The van der Waals surface area contributed by atoms with Crippen molar-refractivity contribution in [2.45, 2.75) is 50.8 Å². The summed E-state index contributed by atoms with van der Waals surface area (Å²) >= 11 is 0. The van der Waals surface area contributed by atoms with Crippen molar-refractivity contribution in [3.8, 4) is 11.5 Å². The van der Waals surface area contributed by atoms with Crippen LogP contribution in [0.4, 0.5) is 5.69 Å². The van der Waals surface area contributed by atoms with E-state index in [0.717, 1.165) is 56.9 Å². The van der Waals surface area contributed by atoms with Crippen LogP contribution in [0, 0.1) is 0 Å². The molecular formula is C29H35N3O2. The molecule has 2 aromatic carbocycles. The SMILES string of the molecule is COc1ccc(N2CCN(Cc3ccncc3)CC2Cc2ccccc2)cc1OC1CCCC1. The van der Waals surface area contributed by atoms with Gasteiger partial charge in [0.25, 0.3) is 0 Å². The Kier molecular flexibility index (Phi) is 7.30. The maximum Gasteiger partial charge on any atom is 0.163 e. The lowest BCUT2D eigenvalue weighted by atomic mass is 10.0. The molecule has 1 aliphatic heterocycles. The zero-order valence-electron chi connectivity index (χ0n) is 20.1. The van der Waals surface area contributed by atoms with Crippen molar-refractivity contribution in [1.29, 1.82) is 0 Å². The summed E-state index contributed by atoms with van der Waals surface area (Å²) in [6.45, 7) is 3.98. The van der Waals surface area contributed by atoms with Crippen molar-refractivity contribution in [2.75, 3.05) is 31.6 Å². The predicted molar refractivity (Wildman–Crippen MR) is 137 cm³/mol. The smallest absolute Gasteiger partial charge is 0.163 e. The molecule has 2 heterocycles. The average Bonchev–Trinajstić information content (AvgIpc) is 3.39. The Morgan fingerprint density at radius 1 is 0.882 bits per heavy atom. The molecular weight excluding hydrogens is 422 g/mol. The Bertz CT molecular complexity index is 1040. The van der Waals surface area contributed by atoms with Crippen LogP contribution in [0.3, 0.4) is 0 Å². The number of ether oxygens (including phenoxy) is 2. The first-order chi connectivity index (χ1) is 16.8. The van der Waals surface area contributed by atoms with E-state index >= 15 is 0 Å². The number of aromatic nitrogens is 1. The van der Waals surface area contributed by atoms with Crippen molar-refractivity contribution in [2.24, 2.45) is 0 Å². The molecule has 0 radical (unpaired) electrons. The van der Waals surface area contributed by atoms with Gasteiger partial charge in [-0.2, -0.15) is 0 Å². The van der Waals surface area contributed by atoms with Gasteiger partial charge >= 0.3 is 0 Å². The summed E-state index contributed by atoms with van der Waals surface area (Å²) in [4.78, 5) is 9.31. The van der Waals surface area contributed by atoms with Gasteiger partial charge in [-0.25, -0.2) is 0 Å². The Balaban J connectivity index is 1.38. The highest BCUT2D eigenvalue weighted by molar-refractivity contribution is 5.57. The standard InChI is InChI=1S/C29H35N3O2/c1-33-28-12-11-25(20-29(28)34-27-9-5-6-10-27)32-18-17-31(21-24-13-15-30-16-14-24)22-26(32)19-23-7-3-2-4-8-23/h2-4,7-8,11-16,20,26-27H,5-6,9-10,17-19,21-22H2,1H3. The highest BCUT2D eigenvalue weighted by Crippen LogP contribution is 2.36. The molecule has 0 spiro atoms. The molecule has 178 valence electrons. The quantitative estimate of drug-likeness (QED) is 0.456. The third kappa shape index (κ3) is 5.53. The third-order valence-electron chi connectivity index (χ3n) is 7.11. The average molecular weight is 458 g/mol. The van der Waals surface area contributed by atoms with E-state index in [-0.39, 0.29) is 0 Å². The number of hydrogen-bond acceptors (Lipinski definition) is 5. The molecule has 1 saturated heterocycles. The first-order valence-electron chi connectivity index (χ1n) is 12.5. The molecule has 5 nitrogen and oxygen atoms in total. The van der Waals surface area contributed by atoms with Crippen molar-refractivity contribution < 1.29 is 9.47 Å². The number of nitrogens with zero attached hydrogens (tertiary/aromatic N) is 3. The highest BCUT2D eigenvalue weighted by atomic mass is 16.5. The first-order valence-corrected chi connectivity index (χ1v) is 12.5. The molecule has 2 aliphatic rings. The van der Waals surface area contributed by atoms with E-state index in [1.54, 1.807) is 7.11 Å². The van der Waals surface area contributed by atoms with Crippen LogP contribution in [0.5, 0.6) is 11.5 Å². The van der Waals surface area contributed by atoms with Crippen LogP contribution >= 0.6 is 0 Å². The number of rotatable bonds is 8. The fraction of sp³-hybridized carbons (Fsp3) is 0.414. The van der Waals surface area contributed by atoms with Gasteiger partial charge in [-0.05, 0) is 67.5 Å². The summed E-state index contributed by atoms with van der Waals surface area (Å²) in [7, 11) is 1.73. The largest absolute Gasteiger partial charge is 0.493 e. The van der Waals surface area contributed by atoms with Gasteiger partial charge in [0.1, 0.15) is 0 Å². The molecule has 5 rings (SSSR count). The summed E-state index contributed by atoms with van der Waals surface area (Å²) in [6, 6.07) is 21.9. The number of pyridine rings is 1. The van der Waals surface area contributed by atoms with Gasteiger partial charge in [0.15, 0.2) is 11.5 Å². The van der Waals surface area contributed by atoms with Crippen LogP contribution in [-0.4, -0.2) is 48.8 Å².